The largest absolute Gasteiger partial charge is 0.497 e. The Kier molecular flexibility index (Phi) is 8.64. The third-order valence-electron chi connectivity index (χ3n) is 5.32. The summed E-state index contributed by atoms with van der Waals surface area (Å²) < 4.78 is 10.5. The Balaban J connectivity index is 1.37. The van der Waals surface area contributed by atoms with E-state index >= 15 is 0 Å². The van der Waals surface area contributed by atoms with Crippen LogP contribution in [-0.4, -0.2) is 97.6 Å². The third kappa shape index (κ3) is 6.90. The van der Waals surface area contributed by atoms with Gasteiger partial charge in [-0.3, -0.25) is 14.5 Å². The monoisotopic (exact) mass is 421 g/mol. The Morgan fingerprint density at radius 3 is 2.24 bits per heavy atom. The molecule has 8 heteroatoms. The molecule has 3 rings (SSSR count). The second kappa shape index (κ2) is 11.4. The van der Waals surface area contributed by atoms with Crippen LogP contribution in [0.4, 0.5) is 0 Å². The van der Waals surface area contributed by atoms with Crippen LogP contribution >= 0.6 is 11.8 Å². The molecule has 0 N–H and O–H groups in total. The Bertz CT molecular complexity index is 664. The van der Waals surface area contributed by atoms with Crippen LogP contribution in [0.15, 0.2) is 24.3 Å². The minimum atomic E-state index is 0.104. The van der Waals surface area contributed by atoms with Crippen molar-refractivity contribution in [1.82, 2.24) is 14.7 Å². The van der Waals surface area contributed by atoms with E-state index in [0.29, 0.717) is 37.8 Å². The second-order valence-electron chi connectivity index (χ2n) is 7.34. The molecule has 0 bridgehead atoms. The number of ether oxygens (including phenoxy) is 2. The highest BCUT2D eigenvalue weighted by Gasteiger charge is 2.21. The average Bonchev–Trinajstić information content (AvgIpc) is 3.00. The first-order chi connectivity index (χ1) is 14.2. The van der Waals surface area contributed by atoms with Crippen molar-refractivity contribution < 1.29 is 19.1 Å². The van der Waals surface area contributed by atoms with Crippen molar-refractivity contribution in [2.75, 3.05) is 71.1 Å². The Morgan fingerprint density at radius 1 is 0.931 bits per heavy atom. The third-order valence-corrected chi connectivity index (χ3v) is 6.22. The molecular weight excluding hydrogens is 390 g/mol. The lowest BCUT2D eigenvalue weighted by molar-refractivity contribution is -0.132. The maximum absolute atomic E-state index is 12.6. The summed E-state index contributed by atoms with van der Waals surface area (Å²) in [6, 6.07) is 8.15. The highest BCUT2D eigenvalue weighted by Crippen LogP contribution is 2.15. The van der Waals surface area contributed by atoms with Gasteiger partial charge in [0.15, 0.2) is 0 Å². The smallest absolute Gasteiger partial charge is 0.232 e. The molecule has 0 saturated carbocycles. The number of benzene rings is 1. The summed E-state index contributed by atoms with van der Waals surface area (Å²) in [6.45, 7) is 6.80. The van der Waals surface area contributed by atoms with E-state index in [4.69, 9.17) is 9.47 Å². The second-order valence-corrected chi connectivity index (χ2v) is 8.33. The summed E-state index contributed by atoms with van der Waals surface area (Å²) in [5, 5.41) is 0. The first-order valence-electron chi connectivity index (χ1n) is 10.2. The van der Waals surface area contributed by atoms with Crippen LogP contribution in [-0.2, 0) is 20.9 Å². The van der Waals surface area contributed by atoms with E-state index in [-0.39, 0.29) is 11.8 Å². The van der Waals surface area contributed by atoms with Crippen molar-refractivity contribution in [1.29, 1.82) is 0 Å². The topological polar surface area (TPSA) is 62.3 Å². The van der Waals surface area contributed by atoms with Gasteiger partial charge in [0, 0.05) is 45.8 Å². The van der Waals surface area contributed by atoms with Crippen molar-refractivity contribution in [2.24, 2.45) is 0 Å². The molecule has 0 spiro atoms. The first kappa shape index (κ1) is 21.9. The number of nitrogens with zero attached hydrogens (tertiary/aromatic N) is 3. The van der Waals surface area contributed by atoms with Gasteiger partial charge in [-0.05, 0) is 24.1 Å². The van der Waals surface area contributed by atoms with E-state index in [1.54, 1.807) is 7.11 Å². The van der Waals surface area contributed by atoms with Crippen LogP contribution in [0, 0.1) is 0 Å². The number of amides is 2. The molecule has 160 valence electrons. The van der Waals surface area contributed by atoms with Crippen LogP contribution in [0.5, 0.6) is 5.75 Å². The molecule has 0 aromatic heterocycles. The van der Waals surface area contributed by atoms with Crippen LogP contribution < -0.4 is 4.74 Å². The fourth-order valence-corrected chi connectivity index (χ4v) is 4.41. The zero-order chi connectivity index (χ0) is 20.5. The van der Waals surface area contributed by atoms with Gasteiger partial charge in [-0.2, -0.15) is 0 Å². The average molecular weight is 422 g/mol. The van der Waals surface area contributed by atoms with Gasteiger partial charge < -0.3 is 19.3 Å². The summed E-state index contributed by atoms with van der Waals surface area (Å²) in [4.78, 5) is 30.9. The number of morpholine rings is 1. The maximum Gasteiger partial charge on any atom is 0.232 e. The van der Waals surface area contributed by atoms with Gasteiger partial charge >= 0.3 is 0 Å². The summed E-state index contributed by atoms with van der Waals surface area (Å²) in [5.41, 5.74) is 1.25. The summed E-state index contributed by atoms with van der Waals surface area (Å²) in [7, 11) is 1.67. The molecule has 2 fully saturated rings. The zero-order valence-electron chi connectivity index (χ0n) is 17.2. The lowest BCUT2D eigenvalue weighted by atomic mass is 10.2. The molecule has 2 aliphatic heterocycles. The first-order valence-corrected chi connectivity index (χ1v) is 11.4. The van der Waals surface area contributed by atoms with Crippen molar-refractivity contribution in [3.8, 4) is 5.75 Å². The molecule has 7 nitrogen and oxygen atoms in total. The van der Waals surface area contributed by atoms with E-state index in [9.17, 15) is 9.59 Å². The van der Waals surface area contributed by atoms with Crippen molar-refractivity contribution in [3.63, 3.8) is 0 Å². The maximum atomic E-state index is 12.6. The Hall–Kier alpha value is -1.77. The molecule has 0 radical (unpaired) electrons. The van der Waals surface area contributed by atoms with Gasteiger partial charge in [0.05, 0.1) is 31.8 Å². The number of carbonyl (C=O) groups is 2. The molecule has 2 aliphatic rings. The molecule has 2 amide bonds. The molecule has 1 aromatic carbocycles. The van der Waals surface area contributed by atoms with E-state index in [0.717, 1.165) is 44.9 Å². The van der Waals surface area contributed by atoms with Gasteiger partial charge in [0.1, 0.15) is 5.75 Å². The normalized spacial score (nSPS) is 18.4. The number of thioether (sulfide) groups is 1. The fraction of sp³-hybridized carbons (Fsp3) is 0.619. The summed E-state index contributed by atoms with van der Waals surface area (Å²) in [6.07, 6.45) is 0.971. The Labute approximate surface area is 177 Å². The number of hydrogen-bond acceptors (Lipinski definition) is 6. The van der Waals surface area contributed by atoms with Crippen molar-refractivity contribution >= 4 is 23.6 Å². The quantitative estimate of drug-likeness (QED) is 0.662. The van der Waals surface area contributed by atoms with Gasteiger partial charge in [-0.15, -0.1) is 11.8 Å². The van der Waals surface area contributed by atoms with E-state index in [1.807, 2.05) is 21.9 Å². The Morgan fingerprint density at radius 2 is 1.59 bits per heavy atom. The van der Waals surface area contributed by atoms with Gasteiger partial charge in [0.2, 0.25) is 11.8 Å². The van der Waals surface area contributed by atoms with Crippen LogP contribution in [0.3, 0.4) is 0 Å². The van der Waals surface area contributed by atoms with Crippen LogP contribution in [0.2, 0.25) is 0 Å². The zero-order valence-corrected chi connectivity index (χ0v) is 18.0. The van der Waals surface area contributed by atoms with Gasteiger partial charge in [-0.25, -0.2) is 0 Å². The van der Waals surface area contributed by atoms with Gasteiger partial charge in [0.25, 0.3) is 0 Å². The molecule has 0 aliphatic carbocycles. The van der Waals surface area contributed by atoms with Crippen molar-refractivity contribution in [3.05, 3.63) is 29.8 Å². The van der Waals surface area contributed by atoms with E-state index in [2.05, 4.69) is 17.0 Å². The van der Waals surface area contributed by atoms with Crippen molar-refractivity contribution in [2.45, 2.75) is 13.0 Å². The molecule has 2 saturated heterocycles. The van der Waals surface area contributed by atoms with E-state index in [1.165, 1.54) is 17.3 Å². The van der Waals surface area contributed by atoms with Crippen LogP contribution in [0.1, 0.15) is 12.0 Å². The molecule has 0 unspecified atom stereocenters. The number of rotatable bonds is 7. The SMILES string of the molecule is COc1ccc(CN2CCCN(C(=O)CSCC(=O)N3CCOCC3)CC2)cc1. The lowest BCUT2D eigenvalue weighted by Gasteiger charge is -2.27. The van der Waals surface area contributed by atoms with Crippen LogP contribution in [0.25, 0.3) is 0 Å². The molecule has 0 atom stereocenters. The lowest BCUT2D eigenvalue weighted by Crippen LogP contribution is -2.42. The molecular formula is C21H31N3O4S. The predicted molar refractivity (Wildman–Crippen MR) is 114 cm³/mol. The molecule has 29 heavy (non-hydrogen) atoms. The summed E-state index contributed by atoms with van der Waals surface area (Å²) >= 11 is 1.42. The standard InChI is InChI=1S/C21H31N3O4S/c1-27-19-5-3-18(4-6-19)15-22-7-2-8-23(10-9-22)20(25)16-29-17-21(26)24-11-13-28-14-12-24/h3-6H,2,7-17H2,1H3. The highest BCUT2D eigenvalue weighted by molar-refractivity contribution is 8.00. The highest BCUT2D eigenvalue weighted by atomic mass is 32.2. The number of hydrogen-bond donors (Lipinski definition) is 0. The minimum absolute atomic E-state index is 0.104. The summed E-state index contributed by atoms with van der Waals surface area (Å²) in [5.74, 6) is 1.84. The number of methoxy groups -OCH3 is 1. The van der Waals surface area contributed by atoms with E-state index < -0.39 is 0 Å². The fourth-order valence-electron chi connectivity index (χ4n) is 3.59. The number of carbonyl (C=O) groups excluding carboxylic acids is 2. The van der Waals surface area contributed by atoms with Gasteiger partial charge in [-0.1, -0.05) is 12.1 Å². The predicted octanol–water partition coefficient (Wildman–Crippen LogP) is 1.32. The molecule has 2 heterocycles. The molecule has 1 aromatic rings. The minimum Gasteiger partial charge on any atom is -0.497 e.